The van der Waals surface area contributed by atoms with Gasteiger partial charge in [-0.25, -0.2) is 0 Å². The highest BCUT2D eigenvalue weighted by atomic mass is 16.3. The van der Waals surface area contributed by atoms with E-state index in [0.717, 1.165) is 5.56 Å². The number of amides is 4. The van der Waals surface area contributed by atoms with Gasteiger partial charge in [0.15, 0.2) is 5.96 Å². The SMILES string of the molecule is BC(B)(N)C(B)(B)C(B)(B)C(B)(B)C(NC(=O)[C@H](Cc1c(C)cc(O)cc1C)NC(=O)[C@H](N)CCCNC(=N)N)C(=O)N[C@@](B)(Cc1ccccc1)C(N)=O. The van der Waals surface area contributed by atoms with Crippen molar-refractivity contribution in [3.8, 4) is 5.75 Å². The molecule has 23 heteroatoms. The lowest BCUT2D eigenvalue weighted by Gasteiger charge is -2.61. The fourth-order valence-electron chi connectivity index (χ4n) is 6.99. The molecule has 0 heterocycles. The Bertz CT molecular complexity index is 1710. The summed E-state index contributed by atoms with van der Waals surface area (Å²) in [5.74, 6) is -2.80. The van der Waals surface area contributed by atoms with Gasteiger partial charge in [-0.3, -0.25) is 24.6 Å². The van der Waals surface area contributed by atoms with Crippen molar-refractivity contribution >= 4 is 100 Å². The number of benzene rings is 2. The highest BCUT2D eigenvalue weighted by Crippen LogP contribution is 2.60. The molecule has 0 saturated heterocycles. The number of primary amides is 1. The van der Waals surface area contributed by atoms with Gasteiger partial charge in [0.1, 0.15) is 51.0 Å². The minimum atomic E-state index is -1.54. The van der Waals surface area contributed by atoms with Gasteiger partial charge in [0.05, 0.1) is 48.9 Å². The number of carbonyl (C=O) groups is 4. The Labute approximate surface area is 334 Å². The van der Waals surface area contributed by atoms with Gasteiger partial charge in [-0.05, 0) is 67.5 Å². The second kappa shape index (κ2) is 18.2. The summed E-state index contributed by atoms with van der Waals surface area (Å²) in [6.45, 7) is 3.92. The van der Waals surface area contributed by atoms with Crippen molar-refractivity contribution in [3.63, 3.8) is 0 Å². The maximum absolute atomic E-state index is 14.8. The molecule has 0 bridgehead atoms. The first-order valence-electron chi connectivity index (χ1n) is 18.8. The van der Waals surface area contributed by atoms with E-state index < -0.39 is 68.2 Å². The van der Waals surface area contributed by atoms with Crippen LogP contribution in [0.15, 0.2) is 42.5 Å². The molecule has 0 saturated carbocycles. The van der Waals surface area contributed by atoms with E-state index in [-0.39, 0.29) is 31.0 Å². The van der Waals surface area contributed by atoms with Crippen LogP contribution >= 0.6 is 0 Å². The summed E-state index contributed by atoms with van der Waals surface area (Å²) in [5.41, 5.74) is 25.7. The van der Waals surface area contributed by atoms with E-state index in [9.17, 15) is 24.3 Å². The first-order valence-corrected chi connectivity index (χ1v) is 18.8. The summed E-state index contributed by atoms with van der Waals surface area (Å²) in [7, 11) is 17.1. The minimum absolute atomic E-state index is 0.0145. The molecule has 0 aliphatic rings. The maximum Gasteiger partial charge on any atom is 0.243 e. The van der Waals surface area contributed by atoms with Gasteiger partial charge in [-0.15, -0.1) is 0 Å². The predicted octanol–water partition coefficient (Wildman–Crippen LogP) is -9.69. The molecule has 55 heavy (non-hydrogen) atoms. The third-order valence-corrected chi connectivity index (χ3v) is 12.5. The quantitative estimate of drug-likeness (QED) is 0.0283. The van der Waals surface area contributed by atoms with E-state index in [0.29, 0.717) is 29.7 Å². The van der Waals surface area contributed by atoms with Gasteiger partial charge in [0.2, 0.25) is 23.6 Å². The van der Waals surface area contributed by atoms with Crippen LogP contribution in [0.2, 0.25) is 15.6 Å². The van der Waals surface area contributed by atoms with Gasteiger partial charge >= 0.3 is 0 Å². The van der Waals surface area contributed by atoms with Crippen LogP contribution in [0.5, 0.6) is 5.75 Å². The zero-order chi connectivity index (χ0) is 42.3. The molecular formula is C32H58B9N9O5. The molecule has 288 valence electrons. The van der Waals surface area contributed by atoms with E-state index in [1.807, 2.05) is 93.1 Å². The number of aryl methyl sites for hydroxylation is 2. The summed E-state index contributed by atoms with van der Waals surface area (Å²) in [6.07, 6.45) is 0.780. The topological polar surface area (TPSA) is 265 Å². The van der Waals surface area contributed by atoms with Crippen molar-refractivity contribution in [2.45, 2.75) is 84.1 Å². The van der Waals surface area contributed by atoms with Crippen LogP contribution in [0.25, 0.3) is 0 Å². The molecule has 14 N–H and O–H groups in total. The third-order valence-electron chi connectivity index (χ3n) is 12.5. The first kappa shape index (κ1) is 47.0. The molecule has 4 atom stereocenters. The number of nitrogens with one attached hydrogen (secondary N) is 5. The standard InChI is InChI=1S/C32H58B9N9O5/c1-15-11-18(51)12-16(2)19(15)13-21(48-23(52)20(42)9-6-10-47-27(44)45)24(53)49-22(29(34,35)30(36,37)31(38,39)32(40,41)46)25(54)50-28(33,26(43)55)14-17-7-4-3-5-8-17/h3-5,7-8,11-12,20-22,51H,6,9-10,13-14,33-42,46H2,1-2H3,(H2,43,55)(H,48,52)(H,49,53)(H,50,54)(H4,44,45,47)/t20-,21+,22?,28+/m1/s1. The average molecular weight is 746 g/mol. The summed E-state index contributed by atoms with van der Waals surface area (Å²) >= 11 is 0. The van der Waals surface area contributed by atoms with E-state index in [2.05, 4.69) is 21.3 Å². The molecule has 2 rings (SSSR count). The zero-order valence-electron chi connectivity index (χ0n) is 34.7. The molecule has 0 fully saturated rings. The Hall–Kier alpha value is -4.11. The molecule has 0 aliphatic heterocycles. The van der Waals surface area contributed by atoms with Gasteiger partial charge in [-0.1, -0.05) is 51.3 Å². The Morgan fingerprint density at radius 3 is 1.87 bits per heavy atom. The molecule has 0 aromatic heterocycles. The fraction of sp³-hybridized carbons (Fsp3) is 0.469. The van der Waals surface area contributed by atoms with Crippen LogP contribution in [0.3, 0.4) is 0 Å². The highest BCUT2D eigenvalue weighted by molar-refractivity contribution is 6.66. The average Bonchev–Trinajstić information content (AvgIpc) is 3.05. The lowest BCUT2D eigenvalue weighted by Crippen LogP contribution is -2.69. The second-order valence-corrected chi connectivity index (χ2v) is 17.4. The largest absolute Gasteiger partial charge is 0.508 e. The van der Waals surface area contributed by atoms with Crippen molar-refractivity contribution in [3.05, 3.63) is 64.7 Å². The van der Waals surface area contributed by atoms with Crippen LogP contribution < -0.4 is 44.2 Å². The zero-order valence-corrected chi connectivity index (χ0v) is 34.7. The lowest BCUT2D eigenvalue weighted by molar-refractivity contribution is -0.134. The summed E-state index contributed by atoms with van der Waals surface area (Å²) in [4.78, 5) is 56.1. The number of phenolic OH excluding ortho intramolecular Hbond substituents is 1. The number of nitrogens with two attached hydrogens (primary N) is 4. The van der Waals surface area contributed by atoms with Crippen molar-refractivity contribution in [1.29, 1.82) is 5.41 Å². The normalized spacial score (nSPS) is 15.0. The van der Waals surface area contributed by atoms with Crippen molar-refractivity contribution in [2.75, 3.05) is 6.54 Å². The molecule has 2 aromatic rings. The summed E-state index contributed by atoms with van der Waals surface area (Å²) < 4.78 is 0. The van der Waals surface area contributed by atoms with Crippen LogP contribution in [0, 0.1) is 19.3 Å². The number of rotatable bonds is 19. The molecule has 2 aromatic carbocycles. The van der Waals surface area contributed by atoms with E-state index in [1.54, 1.807) is 33.8 Å². The van der Waals surface area contributed by atoms with Crippen LogP contribution in [0.4, 0.5) is 0 Å². The minimum Gasteiger partial charge on any atom is -0.508 e. The second-order valence-electron chi connectivity index (χ2n) is 17.4. The maximum atomic E-state index is 14.8. The fourth-order valence-corrected chi connectivity index (χ4v) is 6.99. The molecule has 14 nitrogen and oxygen atoms in total. The predicted molar refractivity (Wildman–Crippen MR) is 244 cm³/mol. The summed E-state index contributed by atoms with van der Waals surface area (Å²) in [6, 6.07) is 8.81. The Morgan fingerprint density at radius 1 is 0.836 bits per heavy atom. The van der Waals surface area contributed by atoms with Crippen molar-refractivity contribution in [1.82, 2.24) is 21.3 Å². The number of phenols is 1. The van der Waals surface area contributed by atoms with Gasteiger partial charge < -0.3 is 49.3 Å². The highest BCUT2D eigenvalue weighted by Gasteiger charge is 2.56. The van der Waals surface area contributed by atoms with Crippen LogP contribution in [0.1, 0.15) is 35.1 Å². The van der Waals surface area contributed by atoms with Gasteiger partial charge in [-0.2, -0.15) is 0 Å². The van der Waals surface area contributed by atoms with E-state index in [4.69, 9.17) is 28.3 Å². The van der Waals surface area contributed by atoms with Crippen LogP contribution in [-0.4, -0.2) is 141 Å². The number of hydrogen-bond donors (Lipinski definition) is 10. The van der Waals surface area contributed by atoms with Crippen molar-refractivity contribution < 1.29 is 24.3 Å². The van der Waals surface area contributed by atoms with Gasteiger partial charge in [0.25, 0.3) is 0 Å². The van der Waals surface area contributed by atoms with E-state index >= 15 is 0 Å². The molecule has 0 spiro atoms. The van der Waals surface area contributed by atoms with Gasteiger partial charge in [0, 0.05) is 13.0 Å². The Balaban J connectivity index is 2.69. The number of aromatic hydroxyl groups is 1. The Kier molecular flexibility index (Phi) is 15.6. The molecule has 1 unspecified atom stereocenters. The summed E-state index contributed by atoms with van der Waals surface area (Å²) in [5, 5.41) is 25.8. The number of carbonyl (C=O) groups excluding carboxylic acids is 4. The molecular weight excluding hydrogens is 688 g/mol. The van der Waals surface area contributed by atoms with Crippen molar-refractivity contribution in [2.24, 2.45) is 22.9 Å². The smallest absolute Gasteiger partial charge is 0.243 e. The number of hydrogen-bond acceptors (Lipinski definition) is 8. The molecule has 4 amide bonds. The lowest BCUT2D eigenvalue weighted by atomic mass is 9.11. The monoisotopic (exact) mass is 748 g/mol. The van der Waals surface area contributed by atoms with E-state index in [1.165, 1.54) is 0 Å². The van der Waals surface area contributed by atoms with Crippen LogP contribution in [-0.2, 0) is 32.0 Å². The molecule has 0 radical (unpaired) electrons. The first-order chi connectivity index (χ1) is 25.1. The Morgan fingerprint density at radius 2 is 1.38 bits per heavy atom. The number of guanidine groups is 1. The third kappa shape index (κ3) is 11.5. The molecule has 0 aliphatic carbocycles.